The molecule has 4 rings (SSSR count). The lowest BCUT2D eigenvalue weighted by molar-refractivity contribution is 0.129. The molecule has 1 aromatic heterocycles. The van der Waals surface area contributed by atoms with Gasteiger partial charge in [0.15, 0.2) is 5.82 Å². The van der Waals surface area contributed by atoms with Gasteiger partial charge in [-0.25, -0.2) is 8.42 Å². The Balaban J connectivity index is 1.40. The number of benzene rings is 1. The van der Waals surface area contributed by atoms with Crippen LogP contribution in [0.25, 0.3) is 0 Å². The van der Waals surface area contributed by atoms with E-state index in [-0.39, 0.29) is 16.9 Å². The summed E-state index contributed by atoms with van der Waals surface area (Å²) in [5, 5.41) is 4.13. The monoisotopic (exact) mass is 422 g/mol. The van der Waals surface area contributed by atoms with Gasteiger partial charge in [-0.15, -0.1) is 0 Å². The van der Waals surface area contributed by atoms with Crippen molar-refractivity contribution in [3.05, 3.63) is 36.0 Å². The molecule has 2 aliphatic rings. The Morgan fingerprint density at radius 3 is 2.86 bits per heavy atom. The molecule has 1 atom stereocenters. The second kappa shape index (κ2) is 8.39. The van der Waals surface area contributed by atoms with E-state index in [1.54, 1.807) is 25.3 Å². The average Bonchev–Trinajstić information content (AvgIpc) is 3.34. The van der Waals surface area contributed by atoms with Gasteiger partial charge in [-0.05, 0) is 31.5 Å². The zero-order valence-corrected chi connectivity index (χ0v) is 17.5. The first kappa shape index (κ1) is 20.3. The number of rotatable bonds is 8. The average molecular weight is 423 g/mol. The van der Waals surface area contributed by atoms with Crippen molar-refractivity contribution < 1.29 is 22.4 Å². The van der Waals surface area contributed by atoms with Gasteiger partial charge in [-0.3, -0.25) is 4.90 Å². The van der Waals surface area contributed by atoms with Gasteiger partial charge in [0.2, 0.25) is 15.9 Å². The highest BCUT2D eigenvalue weighted by Crippen LogP contribution is 2.34. The number of methoxy groups -OCH3 is 2. The molecule has 0 N–H and O–H groups in total. The van der Waals surface area contributed by atoms with Gasteiger partial charge in [0.25, 0.3) is 0 Å². The van der Waals surface area contributed by atoms with Crippen LogP contribution in [-0.4, -0.2) is 74.8 Å². The van der Waals surface area contributed by atoms with Gasteiger partial charge in [-0.2, -0.15) is 9.29 Å². The van der Waals surface area contributed by atoms with Crippen molar-refractivity contribution in [3.8, 4) is 5.75 Å². The molecule has 29 heavy (non-hydrogen) atoms. The van der Waals surface area contributed by atoms with E-state index in [0.717, 1.165) is 25.9 Å². The largest absolute Gasteiger partial charge is 0.497 e. The van der Waals surface area contributed by atoms with Crippen LogP contribution in [0.2, 0.25) is 0 Å². The molecule has 0 saturated carbocycles. The topological polar surface area (TPSA) is 98.0 Å². The minimum Gasteiger partial charge on any atom is -0.497 e. The van der Waals surface area contributed by atoms with Gasteiger partial charge >= 0.3 is 0 Å². The summed E-state index contributed by atoms with van der Waals surface area (Å²) in [4.78, 5) is 7.11. The van der Waals surface area contributed by atoms with Crippen LogP contribution in [-0.2, 0) is 14.8 Å². The lowest BCUT2D eigenvalue weighted by Crippen LogP contribution is -2.48. The van der Waals surface area contributed by atoms with Crippen molar-refractivity contribution >= 4 is 10.0 Å². The molecule has 2 saturated heterocycles. The molecule has 2 aliphatic heterocycles. The van der Waals surface area contributed by atoms with E-state index >= 15 is 0 Å². The summed E-state index contributed by atoms with van der Waals surface area (Å²) in [6.45, 7) is 3.17. The Labute approximate surface area is 170 Å². The highest BCUT2D eigenvalue weighted by molar-refractivity contribution is 7.89. The lowest BCUT2D eigenvalue weighted by Gasteiger charge is -2.36. The van der Waals surface area contributed by atoms with Gasteiger partial charge in [0.05, 0.1) is 30.6 Å². The van der Waals surface area contributed by atoms with Crippen LogP contribution in [0.5, 0.6) is 5.75 Å². The van der Waals surface area contributed by atoms with E-state index < -0.39 is 10.0 Å². The summed E-state index contributed by atoms with van der Waals surface area (Å²) in [7, 11) is -0.352. The van der Waals surface area contributed by atoms with Crippen LogP contribution in [0.4, 0.5) is 0 Å². The maximum atomic E-state index is 12.8. The number of hydrogen-bond acceptors (Lipinski definition) is 8. The van der Waals surface area contributed by atoms with E-state index in [1.807, 2.05) is 0 Å². The highest BCUT2D eigenvalue weighted by Gasteiger charge is 2.41. The SMILES string of the molecule is COCCN1CCCC1c1nc(C2CN(S(=O)(=O)c3cccc(OC)c3)C2)no1. The lowest BCUT2D eigenvalue weighted by atomic mass is 10.0. The summed E-state index contributed by atoms with van der Waals surface area (Å²) >= 11 is 0. The summed E-state index contributed by atoms with van der Waals surface area (Å²) in [5.41, 5.74) is 0. The molecule has 1 aromatic carbocycles. The summed E-state index contributed by atoms with van der Waals surface area (Å²) < 4.78 is 42.9. The zero-order chi connectivity index (χ0) is 20.4. The molecule has 1 unspecified atom stereocenters. The number of aromatic nitrogens is 2. The van der Waals surface area contributed by atoms with E-state index in [0.29, 0.717) is 37.2 Å². The minimum atomic E-state index is -3.56. The smallest absolute Gasteiger partial charge is 0.244 e. The third-order valence-corrected chi connectivity index (χ3v) is 7.41. The molecule has 0 spiro atoms. The standard InChI is InChI=1S/C19H26N4O5S/c1-26-10-9-22-8-4-7-17(22)19-20-18(21-28-19)14-12-23(13-14)29(24,25)16-6-3-5-15(11-16)27-2/h3,5-6,11,14,17H,4,7-10,12-13H2,1-2H3. The summed E-state index contributed by atoms with van der Waals surface area (Å²) in [5.74, 6) is 1.65. The summed E-state index contributed by atoms with van der Waals surface area (Å²) in [6.07, 6.45) is 2.06. The van der Waals surface area contributed by atoms with Gasteiger partial charge < -0.3 is 14.0 Å². The molecular weight excluding hydrogens is 396 g/mol. The molecule has 0 radical (unpaired) electrons. The second-order valence-corrected chi connectivity index (χ2v) is 9.31. The fourth-order valence-electron chi connectivity index (χ4n) is 3.84. The van der Waals surface area contributed by atoms with E-state index in [9.17, 15) is 8.42 Å². The van der Waals surface area contributed by atoms with Crippen LogP contribution in [0.15, 0.2) is 33.7 Å². The van der Waals surface area contributed by atoms with Crippen molar-refractivity contribution in [1.29, 1.82) is 0 Å². The number of ether oxygens (including phenoxy) is 2. The first-order chi connectivity index (χ1) is 14.0. The first-order valence-electron chi connectivity index (χ1n) is 9.73. The molecule has 0 aliphatic carbocycles. The minimum absolute atomic E-state index is 0.0540. The van der Waals surface area contributed by atoms with Crippen molar-refractivity contribution in [2.45, 2.75) is 29.7 Å². The van der Waals surface area contributed by atoms with Crippen LogP contribution >= 0.6 is 0 Å². The quantitative estimate of drug-likeness (QED) is 0.633. The van der Waals surface area contributed by atoms with E-state index in [4.69, 9.17) is 14.0 Å². The van der Waals surface area contributed by atoms with Crippen LogP contribution in [0.3, 0.4) is 0 Å². The molecule has 9 nitrogen and oxygen atoms in total. The van der Waals surface area contributed by atoms with E-state index in [2.05, 4.69) is 15.0 Å². The Morgan fingerprint density at radius 1 is 1.28 bits per heavy atom. The molecule has 0 bridgehead atoms. The van der Waals surface area contributed by atoms with Crippen LogP contribution in [0, 0.1) is 0 Å². The fraction of sp³-hybridized carbons (Fsp3) is 0.579. The molecular formula is C19H26N4O5S. The molecule has 2 fully saturated rings. The van der Waals surface area contributed by atoms with Crippen molar-refractivity contribution in [2.75, 3.05) is 47.0 Å². The van der Waals surface area contributed by atoms with Crippen molar-refractivity contribution in [3.63, 3.8) is 0 Å². The highest BCUT2D eigenvalue weighted by atomic mass is 32.2. The van der Waals surface area contributed by atoms with Crippen molar-refractivity contribution in [2.24, 2.45) is 0 Å². The molecule has 3 heterocycles. The molecule has 0 amide bonds. The maximum absolute atomic E-state index is 12.8. The molecule has 2 aromatic rings. The molecule has 10 heteroatoms. The number of nitrogens with zero attached hydrogens (tertiary/aromatic N) is 4. The Bertz CT molecular complexity index is 942. The Hall–Kier alpha value is -2.01. The normalized spacial score (nSPS) is 21.4. The third kappa shape index (κ3) is 4.02. The van der Waals surface area contributed by atoms with E-state index in [1.165, 1.54) is 17.5 Å². The zero-order valence-electron chi connectivity index (χ0n) is 16.7. The Kier molecular flexibility index (Phi) is 5.86. The maximum Gasteiger partial charge on any atom is 0.244 e. The van der Waals surface area contributed by atoms with Gasteiger partial charge in [-0.1, -0.05) is 11.2 Å². The number of sulfonamides is 1. The third-order valence-electron chi connectivity index (χ3n) is 5.58. The van der Waals surface area contributed by atoms with Gasteiger partial charge in [0.1, 0.15) is 5.75 Å². The number of likely N-dealkylation sites (tertiary alicyclic amines) is 1. The second-order valence-electron chi connectivity index (χ2n) is 7.38. The number of hydrogen-bond donors (Lipinski definition) is 0. The molecule has 158 valence electrons. The Morgan fingerprint density at radius 2 is 2.10 bits per heavy atom. The van der Waals surface area contributed by atoms with Crippen molar-refractivity contribution in [1.82, 2.24) is 19.3 Å². The predicted octanol–water partition coefficient (Wildman–Crippen LogP) is 1.65. The van der Waals surface area contributed by atoms with Crippen LogP contribution < -0.4 is 4.74 Å². The summed E-state index contributed by atoms with van der Waals surface area (Å²) in [6, 6.07) is 6.61. The first-order valence-corrected chi connectivity index (χ1v) is 11.2. The fourth-order valence-corrected chi connectivity index (χ4v) is 5.40. The van der Waals surface area contributed by atoms with Gasteiger partial charge in [0, 0.05) is 32.8 Å². The predicted molar refractivity (Wildman–Crippen MR) is 104 cm³/mol. The van der Waals surface area contributed by atoms with Crippen LogP contribution in [0.1, 0.15) is 36.5 Å².